The number of carboxylic acids is 1. The standard InChI is InChI=1S/C28H24Cl2FN3O3/c1-16(17-6-10-20(31)11-7-17)32-28(37)18-8-13-23-25(14-18)33-24(4-2-3-5-26(35)36)27(34-23)21-12-9-19(29)15-22(21)30/h6-16H,2-5H2,1H3,(H,32,37)(H,35,36)/t16-/m1/s1. The molecule has 0 aliphatic rings. The summed E-state index contributed by atoms with van der Waals surface area (Å²) >= 11 is 12.5. The zero-order chi connectivity index (χ0) is 26.5. The zero-order valence-electron chi connectivity index (χ0n) is 20.0. The van der Waals surface area contributed by atoms with Crippen molar-refractivity contribution in [1.82, 2.24) is 15.3 Å². The summed E-state index contributed by atoms with van der Waals surface area (Å²) in [6, 6.07) is 15.8. The van der Waals surface area contributed by atoms with Crippen molar-refractivity contribution in [3.63, 3.8) is 0 Å². The summed E-state index contributed by atoms with van der Waals surface area (Å²) in [5, 5.41) is 12.8. The van der Waals surface area contributed by atoms with Gasteiger partial charge in [-0.3, -0.25) is 9.59 Å². The maximum atomic E-state index is 13.2. The molecular formula is C28H24Cl2FN3O3. The van der Waals surface area contributed by atoms with Crippen LogP contribution in [0.5, 0.6) is 0 Å². The number of benzene rings is 3. The molecule has 3 aromatic carbocycles. The van der Waals surface area contributed by atoms with Gasteiger partial charge in [-0.1, -0.05) is 35.3 Å². The van der Waals surface area contributed by atoms with Crippen LogP contribution in [-0.4, -0.2) is 27.0 Å². The Labute approximate surface area is 223 Å². The van der Waals surface area contributed by atoms with Crippen LogP contribution in [0, 0.1) is 5.82 Å². The number of carboxylic acid groups (broad SMARTS) is 1. The van der Waals surface area contributed by atoms with Crippen LogP contribution in [0.3, 0.4) is 0 Å². The normalized spacial score (nSPS) is 11.9. The second kappa shape index (κ2) is 11.7. The molecule has 4 aromatic rings. The van der Waals surface area contributed by atoms with Gasteiger partial charge in [0, 0.05) is 22.6 Å². The van der Waals surface area contributed by atoms with E-state index in [1.807, 2.05) is 6.92 Å². The number of aryl methyl sites for hydroxylation is 1. The molecule has 0 radical (unpaired) electrons. The SMILES string of the molecule is C[C@@H](NC(=O)c1ccc2nc(-c3ccc(Cl)cc3Cl)c(CCCCC(=O)O)nc2c1)c1ccc(F)cc1. The maximum absolute atomic E-state index is 13.2. The number of aliphatic carboxylic acids is 1. The van der Waals surface area contributed by atoms with E-state index in [1.54, 1.807) is 48.5 Å². The average Bonchev–Trinajstić information content (AvgIpc) is 2.86. The fourth-order valence-electron chi connectivity index (χ4n) is 3.99. The van der Waals surface area contributed by atoms with Crippen molar-refractivity contribution in [1.29, 1.82) is 0 Å². The van der Waals surface area contributed by atoms with Gasteiger partial charge in [-0.15, -0.1) is 0 Å². The largest absolute Gasteiger partial charge is 0.481 e. The Balaban J connectivity index is 1.65. The molecular weight excluding hydrogens is 516 g/mol. The van der Waals surface area contributed by atoms with Gasteiger partial charge in [-0.05, 0) is 80.3 Å². The minimum Gasteiger partial charge on any atom is -0.481 e. The van der Waals surface area contributed by atoms with E-state index >= 15 is 0 Å². The first-order valence-electron chi connectivity index (χ1n) is 11.8. The van der Waals surface area contributed by atoms with Crippen molar-refractivity contribution >= 4 is 46.1 Å². The van der Waals surface area contributed by atoms with E-state index in [4.69, 9.17) is 38.3 Å². The highest BCUT2D eigenvalue weighted by atomic mass is 35.5. The number of halogens is 3. The number of nitrogens with one attached hydrogen (secondary N) is 1. The molecule has 1 aromatic heterocycles. The van der Waals surface area contributed by atoms with Gasteiger partial charge in [0.15, 0.2) is 0 Å². The number of nitrogens with zero attached hydrogens (tertiary/aromatic N) is 2. The van der Waals surface area contributed by atoms with E-state index < -0.39 is 5.97 Å². The Morgan fingerprint density at radius 1 is 0.973 bits per heavy atom. The summed E-state index contributed by atoms with van der Waals surface area (Å²) < 4.78 is 13.2. The highest BCUT2D eigenvalue weighted by Crippen LogP contribution is 2.32. The van der Waals surface area contributed by atoms with Crippen molar-refractivity contribution in [2.75, 3.05) is 0 Å². The Morgan fingerprint density at radius 3 is 2.43 bits per heavy atom. The van der Waals surface area contributed by atoms with Crippen LogP contribution >= 0.6 is 23.2 Å². The van der Waals surface area contributed by atoms with Crippen LogP contribution in [0.4, 0.5) is 4.39 Å². The highest BCUT2D eigenvalue weighted by Gasteiger charge is 2.17. The van der Waals surface area contributed by atoms with Crippen molar-refractivity contribution in [3.8, 4) is 11.3 Å². The number of fused-ring (bicyclic) bond motifs is 1. The van der Waals surface area contributed by atoms with E-state index in [2.05, 4.69) is 5.32 Å². The number of carbonyl (C=O) groups is 2. The molecule has 0 bridgehead atoms. The van der Waals surface area contributed by atoms with Crippen LogP contribution in [-0.2, 0) is 11.2 Å². The van der Waals surface area contributed by atoms with E-state index in [1.165, 1.54) is 12.1 Å². The van der Waals surface area contributed by atoms with Gasteiger partial charge in [0.05, 0.1) is 33.5 Å². The van der Waals surface area contributed by atoms with Crippen LogP contribution in [0.25, 0.3) is 22.3 Å². The number of carbonyl (C=O) groups excluding carboxylic acids is 1. The molecule has 0 saturated heterocycles. The molecule has 4 rings (SSSR count). The molecule has 1 heterocycles. The Morgan fingerprint density at radius 2 is 1.73 bits per heavy atom. The van der Waals surface area contributed by atoms with Gasteiger partial charge in [0.25, 0.3) is 5.91 Å². The molecule has 1 amide bonds. The lowest BCUT2D eigenvalue weighted by molar-refractivity contribution is -0.137. The summed E-state index contributed by atoms with van der Waals surface area (Å²) in [4.78, 5) is 33.5. The first kappa shape index (κ1) is 26.5. The maximum Gasteiger partial charge on any atom is 0.303 e. The summed E-state index contributed by atoms with van der Waals surface area (Å²) in [7, 11) is 0. The molecule has 0 fully saturated rings. The number of hydrogen-bond donors (Lipinski definition) is 2. The number of amides is 1. The van der Waals surface area contributed by atoms with Gasteiger partial charge < -0.3 is 10.4 Å². The Bertz CT molecular complexity index is 1460. The van der Waals surface area contributed by atoms with E-state index in [0.29, 0.717) is 62.9 Å². The lowest BCUT2D eigenvalue weighted by atomic mass is 10.0. The van der Waals surface area contributed by atoms with Crippen molar-refractivity contribution in [2.24, 2.45) is 0 Å². The van der Waals surface area contributed by atoms with Gasteiger partial charge in [-0.2, -0.15) is 0 Å². The molecule has 9 heteroatoms. The molecule has 0 spiro atoms. The van der Waals surface area contributed by atoms with Gasteiger partial charge in [0.1, 0.15) is 5.82 Å². The quantitative estimate of drug-likeness (QED) is 0.223. The molecule has 0 aliphatic carbocycles. The second-order valence-electron chi connectivity index (χ2n) is 8.69. The molecule has 0 saturated carbocycles. The van der Waals surface area contributed by atoms with Gasteiger partial charge >= 0.3 is 5.97 Å². The number of rotatable bonds is 9. The summed E-state index contributed by atoms with van der Waals surface area (Å²) in [5.74, 6) is -1.49. The monoisotopic (exact) mass is 539 g/mol. The lowest BCUT2D eigenvalue weighted by Gasteiger charge is -2.15. The lowest BCUT2D eigenvalue weighted by Crippen LogP contribution is -2.26. The average molecular weight is 540 g/mol. The Kier molecular flexibility index (Phi) is 8.36. The van der Waals surface area contributed by atoms with E-state index in [0.717, 1.165) is 5.56 Å². The predicted octanol–water partition coefficient (Wildman–Crippen LogP) is 7.03. The van der Waals surface area contributed by atoms with Crippen molar-refractivity contribution in [2.45, 2.75) is 38.6 Å². The summed E-state index contributed by atoms with van der Waals surface area (Å²) in [6.07, 6.45) is 1.64. The van der Waals surface area contributed by atoms with Crippen LogP contribution in [0.1, 0.15) is 53.8 Å². The third-order valence-electron chi connectivity index (χ3n) is 5.96. The zero-order valence-corrected chi connectivity index (χ0v) is 21.5. The van der Waals surface area contributed by atoms with Crippen molar-refractivity contribution in [3.05, 3.63) is 93.3 Å². The summed E-state index contributed by atoms with van der Waals surface area (Å²) in [5.41, 5.74) is 4.21. The smallest absolute Gasteiger partial charge is 0.303 e. The van der Waals surface area contributed by atoms with Gasteiger partial charge in [0.2, 0.25) is 0 Å². The second-order valence-corrected chi connectivity index (χ2v) is 9.54. The van der Waals surface area contributed by atoms with Crippen LogP contribution < -0.4 is 5.32 Å². The topological polar surface area (TPSA) is 92.2 Å². The molecule has 190 valence electrons. The van der Waals surface area contributed by atoms with Gasteiger partial charge in [-0.25, -0.2) is 14.4 Å². The first-order chi connectivity index (χ1) is 17.7. The molecule has 37 heavy (non-hydrogen) atoms. The fraction of sp³-hybridized carbons (Fsp3) is 0.214. The highest BCUT2D eigenvalue weighted by molar-refractivity contribution is 6.36. The van der Waals surface area contributed by atoms with Crippen molar-refractivity contribution < 1.29 is 19.1 Å². The molecule has 2 N–H and O–H groups in total. The third-order valence-corrected chi connectivity index (χ3v) is 6.50. The molecule has 0 aliphatic heterocycles. The number of hydrogen-bond acceptors (Lipinski definition) is 4. The third kappa shape index (κ3) is 6.61. The summed E-state index contributed by atoms with van der Waals surface area (Å²) in [6.45, 7) is 1.82. The molecule has 0 unspecified atom stereocenters. The molecule has 1 atom stereocenters. The number of unbranched alkanes of at least 4 members (excludes halogenated alkanes) is 1. The minimum atomic E-state index is -0.851. The minimum absolute atomic E-state index is 0.0641. The van der Waals surface area contributed by atoms with E-state index in [9.17, 15) is 14.0 Å². The predicted molar refractivity (Wildman–Crippen MR) is 142 cm³/mol. The first-order valence-corrected chi connectivity index (χ1v) is 12.5. The fourth-order valence-corrected chi connectivity index (χ4v) is 4.49. The molecule has 6 nitrogen and oxygen atoms in total. The Hall–Kier alpha value is -3.55. The van der Waals surface area contributed by atoms with E-state index in [-0.39, 0.29) is 24.2 Å². The number of aromatic nitrogens is 2. The van der Waals surface area contributed by atoms with Crippen LogP contribution in [0.15, 0.2) is 60.7 Å². The van der Waals surface area contributed by atoms with Crippen LogP contribution in [0.2, 0.25) is 10.0 Å².